The molecule has 0 unspecified atom stereocenters. The van der Waals surface area contributed by atoms with E-state index in [2.05, 4.69) is 10.6 Å². The molecule has 5 aromatic rings. The number of fused-ring (bicyclic) bond motifs is 1. The first kappa shape index (κ1) is 28.1. The van der Waals surface area contributed by atoms with E-state index in [1.165, 1.54) is 11.7 Å². The molecule has 0 fully saturated rings. The molecule has 9 nitrogen and oxygen atoms in total. The Morgan fingerprint density at radius 3 is 2.26 bits per heavy atom. The number of carbonyl (C=O) groups excluding carboxylic acids is 2. The highest BCUT2D eigenvalue weighted by molar-refractivity contribution is 5.94. The van der Waals surface area contributed by atoms with Gasteiger partial charge in [-0.25, -0.2) is 4.79 Å². The molecule has 5 rings (SSSR count). The van der Waals surface area contributed by atoms with Gasteiger partial charge in [0.1, 0.15) is 12.3 Å². The average Bonchev–Trinajstić information content (AvgIpc) is 3.01. The van der Waals surface area contributed by atoms with Crippen LogP contribution in [0.3, 0.4) is 0 Å². The minimum absolute atomic E-state index is 0.0226. The highest BCUT2D eigenvalue weighted by atomic mass is 16.5. The number of aromatic nitrogens is 2. The lowest BCUT2D eigenvalue weighted by atomic mass is 10.1. The number of aryl methyl sites for hydroxylation is 1. The van der Waals surface area contributed by atoms with Crippen molar-refractivity contribution < 1.29 is 14.3 Å². The van der Waals surface area contributed by atoms with Crippen molar-refractivity contribution in [3.8, 4) is 5.75 Å². The first-order valence-corrected chi connectivity index (χ1v) is 13.4. The van der Waals surface area contributed by atoms with Crippen molar-refractivity contribution in [2.45, 2.75) is 26.6 Å². The molecule has 0 aliphatic carbocycles. The van der Waals surface area contributed by atoms with Gasteiger partial charge in [-0.15, -0.1) is 0 Å². The predicted molar refractivity (Wildman–Crippen MR) is 162 cm³/mol. The van der Waals surface area contributed by atoms with E-state index in [9.17, 15) is 19.2 Å². The minimum Gasteiger partial charge on any atom is -0.497 e. The second-order valence-corrected chi connectivity index (χ2v) is 9.92. The van der Waals surface area contributed by atoms with Crippen molar-refractivity contribution in [2.24, 2.45) is 0 Å². The Balaban J connectivity index is 1.36. The van der Waals surface area contributed by atoms with Crippen LogP contribution >= 0.6 is 0 Å². The van der Waals surface area contributed by atoms with Gasteiger partial charge < -0.3 is 15.4 Å². The van der Waals surface area contributed by atoms with Crippen molar-refractivity contribution in [3.05, 3.63) is 140 Å². The molecule has 0 saturated carbocycles. The van der Waals surface area contributed by atoms with Crippen LogP contribution in [-0.4, -0.2) is 28.1 Å². The largest absolute Gasteiger partial charge is 0.497 e. The Kier molecular flexibility index (Phi) is 8.29. The van der Waals surface area contributed by atoms with Crippen LogP contribution in [0.25, 0.3) is 10.9 Å². The molecule has 212 valence electrons. The van der Waals surface area contributed by atoms with Gasteiger partial charge in [-0.05, 0) is 54.4 Å². The van der Waals surface area contributed by atoms with Gasteiger partial charge in [0.2, 0.25) is 5.91 Å². The van der Waals surface area contributed by atoms with E-state index < -0.39 is 17.2 Å². The molecule has 0 radical (unpaired) electrons. The number of amides is 2. The molecule has 9 heteroatoms. The predicted octanol–water partition coefficient (Wildman–Crippen LogP) is 4.10. The maximum Gasteiger partial charge on any atom is 0.332 e. The Morgan fingerprint density at radius 1 is 0.810 bits per heavy atom. The van der Waals surface area contributed by atoms with Gasteiger partial charge >= 0.3 is 5.69 Å². The maximum atomic E-state index is 13.6. The molecule has 0 bridgehead atoms. The molecule has 42 heavy (non-hydrogen) atoms. The number of methoxy groups -OCH3 is 1. The number of ether oxygens (including phenoxy) is 1. The van der Waals surface area contributed by atoms with E-state index >= 15 is 0 Å². The van der Waals surface area contributed by atoms with E-state index in [1.54, 1.807) is 72.8 Å². The van der Waals surface area contributed by atoms with Crippen LogP contribution in [-0.2, 0) is 24.4 Å². The molecule has 1 heterocycles. The fourth-order valence-corrected chi connectivity index (χ4v) is 4.64. The molecule has 4 aromatic carbocycles. The summed E-state index contributed by atoms with van der Waals surface area (Å²) >= 11 is 0. The van der Waals surface area contributed by atoms with Gasteiger partial charge in [0.15, 0.2) is 0 Å². The van der Waals surface area contributed by atoms with E-state index in [0.717, 1.165) is 15.7 Å². The standard InChI is InChI=1S/C33H30N4O5/c1-22-10-12-23(13-11-22)19-34-31(39)25-16-14-24(15-17-25)20-37-32(40)28-8-3-4-9-29(28)36(33(37)41)21-30(38)35-26-6-5-7-27(18-26)42-2/h3-18H,19-21H2,1-2H3,(H,34,39)(H,35,38). The zero-order valence-corrected chi connectivity index (χ0v) is 23.3. The molecule has 0 aliphatic rings. The van der Waals surface area contributed by atoms with Crippen LogP contribution in [0.1, 0.15) is 27.0 Å². The molecule has 2 amide bonds. The van der Waals surface area contributed by atoms with Gasteiger partial charge in [0.25, 0.3) is 11.5 Å². The van der Waals surface area contributed by atoms with Crippen LogP contribution in [0.2, 0.25) is 0 Å². The summed E-state index contributed by atoms with van der Waals surface area (Å²) in [6.45, 7) is 2.09. The molecule has 0 saturated heterocycles. The van der Waals surface area contributed by atoms with E-state index in [1.807, 2.05) is 31.2 Å². The van der Waals surface area contributed by atoms with Crippen molar-refractivity contribution in [2.75, 3.05) is 12.4 Å². The van der Waals surface area contributed by atoms with Crippen molar-refractivity contribution >= 4 is 28.4 Å². The van der Waals surface area contributed by atoms with Crippen LogP contribution in [0.5, 0.6) is 5.75 Å². The molecule has 2 N–H and O–H groups in total. The second kappa shape index (κ2) is 12.4. The van der Waals surface area contributed by atoms with Gasteiger partial charge in [-0.3, -0.25) is 23.5 Å². The van der Waals surface area contributed by atoms with Gasteiger partial charge in [0, 0.05) is 23.9 Å². The Morgan fingerprint density at radius 2 is 1.52 bits per heavy atom. The summed E-state index contributed by atoms with van der Waals surface area (Å²) in [7, 11) is 1.53. The Bertz CT molecular complexity index is 1870. The van der Waals surface area contributed by atoms with Crippen LogP contribution in [0.15, 0.2) is 107 Å². The lowest BCUT2D eigenvalue weighted by Crippen LogP contribution is -2.42. The Hall–Kier alpha value is -5.44. The maximum absolute atomic E-state index is 13.6. The number of rotatable bonds is 9. The van der Waals surface area contributed by atoms with Gasteiger partial charge in [0.05, 0.1) is 24.6 Å². The Labute approximate surface area is 242 Å². The van der Waals surface area contributed by atoms with Crippen molar-refractivity contribution in [3.63, 3.8) is 0 Å². The number of anilines is 1. The first-order valence-electron chi connectivity index (χ1n) is 13.4. The number of carbonyl (C=O) groups is 2. The SMILES string of the molecule is COc1cccc(NC(=O)Cn2c(=O)n(Cc3ccc(C(=O)NCc4ccc(C)cc4)cc3)c(=O)c3ccccc32)c1. The third-order valence-electron chi connectivity index (χ3n) is 6.92. The zero-order chi connectivity index (χ0) is 29.6. The van der Waals surface area contributed by atoms with Gasteiger partial charge in [-0.2, -0.15) is 0 Å². The molecule has 1 aromatic heterocycles. The normalized spacial score (nSPS) is 10.8. The quantitative estimate of drug-likeness (QED) is 0.281. The zero-order valence-electron chi connectivity index (χ0n) is 23.3. The fraction of sp³-hybridized carbons (Fsp3) is 0.152. The minimum atomic E-state index is -0.612. The van der Waals surface area contributed by atoms with Gasteiger partial charge in [-0.1, -0.05) is 60.2 Å². The third-order valence-corrected chi connectivity index (χ3v) is 6.92. The third kappa shape index (κ3) is 6.31. The number of hydrogen-bond acceptors (Lipinski definition) is 5. The number of nitrogens with zero attached hydrogens (tertiary/aromatic N) is 2. The fourth-order valence-electron chi connectivity index (χ4n) is 4.64. The smallest absolute Gasteiger partial charge is 0.332 e. The lowest BCUT2D eigenvalue weighted by molar-refractivity contribution is -0.116. The number of hydrogen-bond donors (Lipinski definition) is 2. The lowest BCUT2D eigenvalue weighted by Gasteiger charge is -2.15. The highest BCUT2D eigenvalue weighted by Crippen LogP contribution is 2.17. The molecule has 0 aliphatic heterocycles. The molecule has 0 atom stereocenters. The van der Waals surface area contributed by atoms with Crippen LogP contribution < -0.4 is 26.6 Å². The average molecular weight is 563 g/mol. The number of nitrogens with one attached hydrogen (secondary N) is 2. The first-order chi connectivity index (χ1) is 20.3. The summed E-state index contributed by atoms with van der Waals surface area (Å²) in [5.41, 5.74) is 3.08. The van der Waals surface area contributed by atoms with E-state index in [-0.39, 0.29) is 19.0 Å². The molecular formula is C33H30N4O5. The highest BCUT2D eigenvalue weighted by Gasteiger charge is 2.16. The summed E-state index contributed by atoms with van der Waals surface area (Å²) in [6, 6.07) is 28.2. The molecule has 0 spiro atoms. The molecular weight excluding hydrogens is 532 g/mol. The van der Waals surface area contributed by atoms with Crippen LogP contribution in [0.4, 0.5) is 5.69 Å². The van der Waals surface area contributed by atoms with Crippen molar-refractivity contribution in [1.29, 1.82) is 0 Å². The summed E-state index contributed by atoms with van der Waals surface area (Å²) in [5, 5.41) is 5.99. The van der Waals surface area contributed by atoms with Crippen LogP contribution in [0, 0.1) is 6.92 Å². The van der Waals surface area contributed by atoms with Crippen molar-refractivity contribution in [1.82, 2.24) is 14.5 Å². The van der Waals surface area contributed by atoms with E-state index in [0.29, 0.717) is 40.0 Å². The van der Waals surface area contributed by atoms with E-state index in [4.69, 9.17) is 4.74 Å². The second-order valence-electron chi connectivity index (χ2n) is 9.92. The number of benzene rings is 4. The summed E-state index contributed by atoms with van der Waals surface area (Å²) in [6.07, 6.45) is 0. The monoisotopic (exact) mass is 562 g/mol. The summed E-state index contributed by atoms with van der Waals surface area (Å²) in [5.74, 6) is -0.0742. The summed E-state index contributed by atoms with van der Waals surface area (Å²) in [4.78, 5) is 52.5. The summed E-state index contributed by atoms with van der Waals surface area (Å²) < 4.78 is 7.60. The topological polar surface area (TPSA) is 111 Å². The number of para-hydroxylation sites is 1.